The zero-order valence-electron chi connectivity index (χ0n) is 19.4. The summed E-state index contributed by atoms with van der Waals surface area (Å²) >= 11 is 0. The van der Waals surface area contributed by atoms with E-state index >= 15 is 0 Å². The van der Waals surface area contributed by atoms with Crippen LogP contribution in [0, 0.1) is 0 Å². The van der Waals surface area contributed by atoms with Gasteiger partial charge in [0.2, 0.25) is 0 Å². The SMILES string of the molecule is COC(=O)[C@@H](C[P+](c1ccccc1)(c1ccccc1)c1ccccc1)NC(=O)c1ccccc1.[I-]. The molecule has 1 N–H and O–H groups in total. The minimum atomic E-state index is -2.34. The Morgan fingerprint density at radius 3 is 1.43 bits per heavy atom. The van der Waals surface area contributed by atoms with Crippen molar-refractivity contribution in [3.8, 4) is 0 Å². The van der Waals surface area contributed by atoms with E-state index in [1.54, 1.807) is 24.3 Å². The fraction of sp³-hybridized carbons (Fsp3) is 0.103. The predicted octanol–water partition coefficient (Wildman–Crippen LogP) is 0.956. The molecule has 4 aromatic rings. The van der Waals surface area contributed by atoms with E-state index in [1.165, 1.54) is 7.11 Å². The van der Waals surface area contributed by atoms with Crippen molar-refractivity contribution in [3.63, 3.8) is 0 Å². The van der Waals surface area contributed by atoms with Crippen LogP contribution in [-0.2, 0) is 9.53 Å². The van der Waals surface area contributed by atoms with Crippen LogP contribution >= 0.6 is 7.26 Å². The second kappa shape index (κ2) is 12.6. The molecule has 0 saturated heterocycles. The van der Waals surface area contributed by atoms with Crippen molar-refractivity contribution in [2.75, 3.05) is 13.3 Å². The van der Waals surface area contributed by atoms with Gasteiger partial charge in [-0.15, -0.1) is 0 Å². The molecular weight excluding hydrogens is 568 g/mol. The number of amides is 1. The van der Waals surface area contributed by atoms with Gasteiger partial charge in [-0.3, -0.25) is 4.79 Å². The molecule has 0 fully saturated rings. The summed E-state index contributed by atoms with van der Waals surface area (Å²) in [5, 5.41) is 6.37. The number of rotatable bonds is 8. The monoisotopic (exact) mass is 595 g/mol. The van der Waals surface area contributed by atoms with E-state index in [4.69, 9.17) is 4.74 Å². The van der Waals surface area contributed by atoms with Crippen molar-refractivity contribution in [3.05, 3.63) is 127 Å². The van der Waals surface area contributed by atoms with Crippen molar-refractivity contribution in [1.29, 1.82) is 0 Å². The number of nitrogens with one attached hydrogen (secondary N) is 1. The maximum Gasteiger partial charge on any atom is 0.332 e. The third-order valence-corrected chi connectivity index (χ3v) is 10.3. The lowest BCUT2D eigenvalue weighted by molar-refractivity contribution is -0.142. The molecule has 178 valence electrons. The van der Waals surface area contributed by atoms with E-state index in [0.29, 0.717) is 11.7 Å². The molecule has 1 atom stereocenters. The maximum atomic E-state index is 13.1. The number of carbonyl (C=O) groups excluding carboxylic acids is 2. The Bertz CT molecular complexity index is 1130. The quantitative estimate of drug-likeness (QED) is 0.188. The highest BCUT2D eigenvalue weighted by Crippen LogP contribution is 2.55. The molecule has 4 aromatic carbocycles. The van der Waals surface area contributed by atoms with E-state index < -0.39 is 19.3 Å². The topological polar surface area (TPSA) is 55.4 Å². The van der Waals surface area contributed by atoms with Gasteiger partial charge in [0.15, 0.2) is 6.04 Å². The number of esters is 1. The molecule has 35 heavy (non-hydrogen) atoms. The van der Waals surface area contributed by atoms with Gasteiger partial charge in [0, 0.05) is 5.56 Å². The Hall–Kier alpha value is -3.02. The third kappa shape index (κ3) is 5.98. The van der Waals surface area contributed by atoms with Crippen LogP contribution in [0.3, 0.4) is 0 Å². The van der Waals surface area contributed by atoms with Crippen molar-refractivity contribution in [1.82, 2.24) is 5.32 Å². The molecule has 0 spiro atoms. The Morgan fingerprint density at radius 2 is 1.06 bits per heavy atom. The molecule has 6 heteroatoms. The van der Waals surface area contributed by atoms with Crippen molar-refractivity contribution < 1.29 is 38.3 Å². The van der Waals surface area contributed by atoms with Crippen molar-refractivity contribution in [2.24, 2.45) is 0 Å². The van der Waals surface area contributed by atoms with Gasteiger partial charge in [0.05, 0.1) is 7.11 Å². The molecule has 0 aliphatic carbocycles. The molecule has 0 aliphatic rings. The van der Waals surface area contributed by atoms with Crippen LogP contribution in [0.15, 0.2) is 121 Å². The smallest absolute Gasteiger partial charge is 0.332 e. The van der Waals surface area contributed by atoms with E-state index in [2.05, 4.69) is 41.7 Å². The molecule has 0 bridgehead atoms. The molecule has 0 heterocycles. The summed E-state index contributed by atoms with van der Waals surface area (Å²) in [6, 6.07) is 38.9. The molecule has 1 amide bonds. The third-order valence-electron chi connectivity index (χ3n) is 5.87. The highest BCUT2D eigenvalue weighted by molar-refractivity contribution is 7.95. The lowest BCUT2D eigenvalue weighted by Gasteiger charge is -2.30. The molecule has 0 saturated carbocycles. The first-order valence-corrected chi connectivity index (χ1v) is 13.1. The molecule has 4 nitrogen and oxygen atoms in total. The minimum Gasteiger partial charge on any atom is -1.00 e. The molecular formula is C29H27INO3P. The zero-order chi connectivity index (χ0) is 23.8. The predicted molar refractivity (Wildman–Crippen MR) is 140 cm³/mol. The second-order valence-corrected chi connectivity index (χ2v) is 11.4. The number of halogens is 1. The summed E-state index contributed by atoms with van der Waals surface area (Å²) in [5.74, 6) is -0.764. The van der Waals surface area contributed by atoms with Gasteiger partial charge in [-0.1, -0.05) is 72.8 Å². The number of ether oxygens (including phenoxy) is 1. The molecule has 0 aliphatic heterocycles. The van der Waals surface area contributed by atoms with Crippen LogP contribution in [0.4, 0.5) is 0 Å². The van der Waals surface area contributed by atoms with Crippen LogP contribution < -0.4 is 45.2 Å². The van der Waals surface area contributed by atoms with Crippen LogP contribution in [0.2, 0.25) is 0 Å². The van der Waals surface area contributed by atoms with Crippen LogP contribution in [0.5, 0.6) is 0 Å². The first-order chi connectivity index (χ1) is 16.6. The second-order valence-electron chi connectivity index (χ2n) is 7.91. The molecule has 0 unspecified atom stereocenters. The van der Waals surface area contributed by atoms with Crippen LogP contribution in [0.1, 0.15) is 10.4 Å². The average Bonchev–Trinajstić information content (AvgIpc) is 2.92. The standard InChI is InChI=1S/C29H26NO3P.HI/c1-33-29(32)27(30-28(31)23-14-6-2-7-15-23)22-34(24-16-8-3-9-17-24,25-18-10-4-11-19-25)26-20-12-5-13-21-26;/h2-21,27H,22H2,1H3;1H/t27-;/m1./s1. The highest BCUT2D eigenvalue weighted by Gasteiger charge is 2.49. The number of hydrogen-bond acceptors (Lipinski definition) is 3. The Morgan fingerprint density at radius 1 is 0.686 bits per heavy atom. The summed E-state index contributed by atoms with van der Waals surface area (Å²) in [6.45, 7) is 0. The van der Waals surface area contributed by atoms with Gasteiger partial charge in [-0.05, 0) is 48.5 Å². The van der Waals surface area contributed by atoms with E-state index in [0.717, 1.165) is 15.9 Å². The highest BCUT2D eigenvalue weighted by atomic mass is 127. The Balaban J connectivity index is 0.00000342. The first kappa shape index (κ1) is 26.6. The van der Waals surface area contributed by atoms with Gasteiger partial charge >= 0.3 is 5.97 Å². The summed E-state index contributed by atoms with van der Waals surface area (Å²) < 4.78 is 5.17. The number of carbonyl (C=O) groups is 2. The Kier molecular flexibility index (Phi) is 9.58. The fourth-order valence-corrected chi connectivity index (χ4v) is 8.60. The minimum absolute atomic E-state index is 0. The van der Waals surface area contributed by atoms with Gasteiger partial charge < -0.3 is 34.0 Å². The van der Waals surface area contributed by atoms with Crippen LogP contribution in [0.25, 0.3) is 0 Å². The summed E-state index contributed by atoms with van der Waals surface area (Å²) in [7, 11) is -0.981. The lowest BCUT2D eigenvalue weighted by atomic mass is 10.2. The number of hydrogen-bond donors (Lipinski definition) is 1. The number of benzene rings is 4. The number of methoxy groups -OCH3 is 1. The molecule has 4 rings (SSSR count). The first-order valence-electron chi connectivity index (χ1n) is 11.1. The van der Waals surface area contributed by atoms with Crippen LogP contribution in [-0.4, -0.2) is 31.2 Å². The maximum absolute atomic E-state index is 13.1. The summed E-state index contributed by atoms with van der Waals surface area (Å²) in [6.07, 6.45) is 0.399. The molecule has 0 radical (unpaired) electrons. The van der Waals surface area contributed by atoms with E-state index in [1.807, 2.05) is 60.7 Å². The summed E-state index contributed by atoms with van der Waals surface area (Å²) in [5.41, 5.74) is 0.500. The average molecular weight is 595 g/mol. The van der Waals surface area contributed by atoms with E-state index in [9.17, 15) is 9.59 Å². The van der Waals surface area contributed by atoms with Crippen molar-refractivity contribution >= 4 is 35.1 Å². The largest absolute Gasteiger partial charge is 1.00 e. The summed E-state index contributed by atoms with van der Waals surface area (Å²) in [4.78, 5) is 26.1. The molecule has 0 aromatic heterocycles. The zero-order valence-corrected chi connectivity index (χ0v) is 22.4. The fourth-order valence-electron chi connectivity index (χ4n) is 4.24. The van der Waals surface area contributed by atoms with Gasteiger partial charge in [0.25, 0.3) is 5.91 Å². The normalized spacial score (nSPS) is 11.6. The van der Waals surface area contributed by atoms with E-state index in [-0.39, 0.29) is 29.9 Å². The van der Waals surface area contributed by atoms with Gasteiger partial charge in [-0.2, -0.15) is 0 Å². The van der Waals surface area contributed by atoms with Crippen molar-refractivity contribution in [2.45, 2.75) is 6.04 Å². The Labute approximate surface area is 224 Å². The van der Waals surface area contributed by atoms with Gasteiger partial charge in [0.1, 0.15) is 29.3 Å². The lowest BCUT2D eigenvalue weighted by Crippen LogP contribution is -3.00. The van der Waals surface area contributed by atoms with Gasteiger partial charge in [-0.25, -0.2) is 4.79 Å².